The molecule has 2 aromatic heterocycles. The van der Waals surface area contributed by atoms with Crippen LogP contribution in [0.15, 0.2) is 12.3 Å². The number of hydrogen-bond acceptors (Lipinski definition) is 5. The summed E-state index contributed by atoms with van der Waals surface area (Å²) in [5.41, 5.74) is 13.6. The van der Waals surface area contributed by atoms with Gasteiger partial charge in [0.15, 0.2) is 5.65 Å². The van der Waals surface area contributed by atoms with E-state index in [9.17, 15) is 0 Å². The molecular formula is C8H9N5. The van der Waals surface area contributed by atoms with Crippen molar-refractivity contribution in [3.8, 4) is 0 Å². The third-order valence-corrected chi connectivity index (χ3v) is 1.69. The van der Waals surface area contributed by atoms with Gasteiger partial charge < -0.3 is 11.5 Å². The molecule has 5 heteroatoms. The van der Waals surface area contributed by atoms with E-state index in [-0.39, 0.29) is 0 Å². The molecule has 4 N–H and O–H groups in total. The van der Waals surface area contributed by atoms with Gasteiger partial charge in [0.1, 0.15) is 11.3 Å². The number of nitrogens with zero attached hydrogens (tertiary/aromatic N) is 3. The summed E-state index contributed by atoms with van der Waals surface area (Å²) in [6, 6.07) is 1.58. The van der Waals surface area contributed by atoms with E-state index in [0.717, 1.165) is 5.69 Å². The lowest BCUT2D eigenvalue weighted by Crippen LogP contribution is -1.99. The highest BCUT2D eigenvalue weighted by atomic mass is 15.0. The van der Waals surface area contributed by atoms with Crippen LogP contribution < -0.4 is 11.5 Å². The highest BCUT2D eigenvalue weighted by Crippen LogP contribution is 2.17. The van der Waals surface area contributed by atoms with Gasteiger partial charge in [0.05, 0.1) is 17.6 Å². The first kappa shape index (κ1) is 7.72. The van der Waals surface area contributed by atoms with Crippen molar-refractivity contribution in [2.75, 3.05) is 11.5 Å². The van der Waals surface area contributed by atoms with Gasteiger partial charge in [0.2, 0.25) is 0 Å². The molecule has 0 unspecified atom stereocenters. The minimum atomic E-state index is 0.364. The Kier molecular flexibility index (Phi) is 1.51. The zero-order valence-electron chi connectivity index (χ0n) is 7.15. The largest absolute Gasteiger partial charge is 0.397 e. The molecule has 0 aliphatic carbocycles. The van der Waals surface area contributed by atoms with E-state index in [2.05, 4.69) is 15.0 Å². The van der Waals surface area contributed by atoms with Crippen molar-refractivity contribution in [1.82, 2.24) is 15.0 Å². The lowest BCUT2D eigenvalue weighted by atomic mass is 10.3. The highest BCUT2D eigenvalue weighted by molar-refractivity contribution is 5.85. The van der Waals surface area contributed by atoms with Gasteiger partial charge in [-0.15, -0.1) is 0 Å². The fourth-order valence-corrected chi connectivity index (χ4v) is 1.13. The van der Waals surface area contributed by atoms with Crippen molar-refractivity contribution >= 4 is 22.7 Å². The second-order valence-electron chi connectivity index (χ2n) is 2.82. The van der Waals surface area contributed by atoms with Crippen LogP contribution in [0.2, 0.25) is 0 Å². The van der Waals surface area contributed by atoms with Crippen molar-refractivity contribution in [2.45, 2.75) is 6.92 Å². The highest BCUT2D eigenvalue weighted by Gasteiger charge is 2.03. The van der Waals surface area contributed by atoms with Crippen LogP contribution in [0.5, 0.6) is 0 Å². The smallest absolute Gasteiger partial charge is 0.182 e. The summed E-state index contributed by atoms with van der Waals surface area (Å²) in [7, 11) is 0. The van der Waals surface area contributed by atoms with E-state index in [1.807, 2.05) is 6.92 Å². The van der Waals surface area contributed by atoms with Gasteiger partial charge in [-0.05, 0) is 6.92 Å². The van der Waals surface area contributed by atoms with Crippen LogP contribution in [0.3, 0.4) is 0 Å². The van der Waals surface area contributed by atoms with Crippen molar-refractivity contribution in [2.24, 2.45) is 0 Å². The van der Waals surface area contributed by atoms with Crippen LogP contribution in [0.4, 0.5) is 11.5 Å². The lowest BCUT2D eigenvalue weighted by Gasteiger charge is -2.01. The number of fused-ring (bicyclic) bond motifs is 1. The molecule has 0 aromatic carbocycles. The molecule has 0 radical (unpaired) electrons. The topological polar surface area (TPSA) is 90.7 Å². The van der Waals surface area contributed by atoms with Crippen molar-refractivity contribution in [3.05, 3.63) is 18.0 Å². The minimum absolute atomic E-state index is 0.364. The fraction of sp³-hybridized carbons (Fsp3) is 0.125. The lowest BCUT2D eigenvalue weighted by molar-refractivity contribution is 1.16. The minimum Gasteiger partial charge on any atom is -0.397 e. The third-order valence-electron chi connectivity index (χ3n) is 1.69. The summed E-state index contributed by atoms with van der Waals surface area (Å²) in [5, 5.41) is 0. The van der Waals surface area contributed by atoms with Crippen LogP contribution in [0, 0.1) is 6.92 Å². The number of nitrogens with two attached hydrogens (primary N) is 2. The van der Waals surface area contributed by atoms with E-state index in [4.69, 9.17) is 11.5 Å². The molecule has 0 saturated carbocycles. The third kappa shape index (κ3) is 1.24. The van der Waals surface area contributed by atoms with Gasteiger partial charge in [-0.25, -0.2) is 15.0 Å². The van der Waals surface area contributed by atoms with E-state index in [1.165, 1.54) is 0 Å². The van der Waals surface area contributed by atoms with E-state index >= 15 is 0 Å². The van der Waals surface area contributed by atoms with E-state index in [1.54, 1.807) is 12.3 Å². The Balaban J connectivity index is 2.87. The molecule has 0 amide bonds. The SMILES string of the molecule is Cc1cnc2nc(N)cc(N)c2n1. The predicted molar refractivity (Wildman–Crippen MR) is 50.9 cm³/mol. The summed E-state index contributed by atoms with van der Waals surface area (Å²) in [5.74, 6) is 0.364. The average Bonchev–Trinajstić information content (AvgIpc) is 2.06. The van der Waals surface area contributed by atoms with Gasteiger partial charge in [-0.1, -0.05) is 0 Å². The van der Waals surface area contributed by atoms with E-state index in [0.29, 0.717) is 22.7 Å². The molecule has 0 aliphatic rings. The Morgan fingerprint density at radius 1 is 1.23 bits per heavy atom. The van der Waals surface area contributed by atoms with Crippen LogP contribution >= 0.6 is 0 Å². The molecule has 66 valence electrons. The van der Waals surface area contributed by atoms with E-state index < -0.39 is 0 Å². The maximum absolute atomic E-state index is 5.70. The normalized spacial score (nSPS) is 10.5. The average molecular weight is 175 g/mol. The monoisotopic (exact) mass is 175 g/mol. The summed E-state index contributed by atoms with van der Waals surface area (Å²) in [4.78, 5) is 12.3. The second kappa shape index (κ2) is 2.55. The van der Waals surface area contributed by atoms with Crippen LogP contribution in [0.25, 0.3) is 11.2 Å². The fourth-order valence-electron chi connectivity index (χ4n) is 1.13. The molecule has 0 bridgehead atoms. The van der Waals surface area contributed by atoms with Gasteiger partial charge in [0, 0.05) is 6.07 Å². The number of rotatable bonds is 0. The summed E-state index contributed by atoms with van der Waals surface area (Å²) in [6.45, 7) is 1.85. The van der Waals surface area contributed by atoms with Gasteiger partial charge in [-0.3, -0.25) is 0 Å². The Morgan fingerprint density at radius 2 is 2.00 bits per heavy atom. The first-order chi connectivity index (χ1) is 6.16. The molecule has 2 aromatic rings. The molecule has 2 heterocycles. The maximum Gasteiger partial charge on any atom is 0.182 e. The number of anilines is 2. The number of hydrogen-bond donors (Lipinski definition) is 2. The van der Waals surface area contributed by atoms with Crippen LogP contribution in [0.1, 0.15) is 5.69 Å². The molecule has 0 fully saturated rings. The zero-order chi connectivity index (χ0) is 9.42. The van der Waals surface area contributed by atoms with Gasteiger partial charge >= 0.3 is 0 Å². The summed E-state index contributed by atoms with van der Waals surface area (Å²) >= 11 is 0. The standard InChI is InChI=1S/C8H9N5/c1-4-3-11-8-7(12-4)5(9)2-6(10)13-8/h2-3H,1H3,(H4,9,10,11,13). The summed E-state index contributed by atoms with van der Waals surface area (Å²) < 4.78 is 0. The van der Waals surface area contributed by atoms with Gasteiger partial charge in [-0.2, -0.15) is 0 Å². The first-order valence-electron chi connectivity index (χ1n) is 3.82. The Hall–Kier alpha value is -1.91. The number of aromatic nitrogens is 3. The Morgan fingerprint density at radius 3 is 2.77 bits per heavy atom. The predicted octanol–water partition coefficient (Wildman–Crippen LogP) is 0.498. The van der Waals surface area contributed by atoms with Crippen molar-refractivity contribution in [3.63, 3.8) is 0 Å². The molecule has 13 heavy (non-hydrogen) atoms. The molecule has 5 nitrogen and oxygen atoms in total. The molecule has 0 saturated heterocycles. The van der Waals surface area contributed by atoms with Gasteiger partial charge in [0.25, 0.3) is 0 Å². The molecule has 0 aliphatic heterocycles. The number of aryl methyl sites for hydroxylation is 1. The number of pyridine rings is 1. The zero-order valence-corrected chi connectivity index (χ0v) is 7.15. The molecule has 2 rings (SSSR count). The molecule has 0 spiro atoms. The Bertz CT molecular complexity index is 465. The van der Waals surface area contributed by atoms with Crippen molar-refractivity contribution < 1.29 is 0 Å². The van der Waals surface area contributed by atoms with Crippen LogP contribution in [-0.2, 0) is 0 Å². The van der Waals surface area contributed by atoms with Crippen LogP contribution in [-0.4, -0.2) is 15.0 Å². The molecule has 0 atom stereocenters. The second-order valence-corrected chi connectivity index (χ2v) is 2.82. The van der Waals surface area contributed by atoms with Crippen molar-refractivity contribution in [1.29, 1.82) is 0 Å². The molecular weight excluding hydrogens is 166 g/mol. The summed E-state index contributed by atoms with van der Waals surface area (Å²) in [6.07, 6.45) is 1.63. The maximum atomic E-state index is 5.70. The quantitative estimate of drug-likeness (QED) is 0.608. The number of nitrogen functional groups attached to an aromatic ring is 2. The Labute approximate surface area is 74.8 Å². The first-order valence-corrected chi connectivity index (χ1v) is 3.82.